The van der Waals surface area contributed by atoms with Crippen molar-refractivity contribution in [3.05, 3.63) is 71.6 Å². The van der Waals surface area contributed by atoms with Crippen molar-refractivity contribution in [3.63, 3.8) is 0 Å². The Kier molecular flexibility index (Phi) is 42.8. The molecule has 4 aromatic rings. The topological polar surface area (TPSA) is 565 Å². The molecule has 10 rings (SSSR count). The van der Waals surface area contributed by atoms with Gasteiger partial charge in [0.2, 0.25) is 17.7 Å². The minimum atomic E-state index is -1.35. The van der Waals surface area contributed by atoms with Crippen molar-refractivity contribution < 1.29 is 159 Å². The quantitative estimate of drug-likeness (QED) is 0.0145. The standard InChI is InChI=1S/C78H126N14O33/c1-54(93)80-62-65(97)68(100)76(51-120-71(62)123-76)48-113-35-32-110-29-26-107-23-20-104-17-13-90-39-58(84-87-90)42-116-45-75(83-61(96)12-8-5-9-16-119-74(103)79-38-57-10-6-4-7-11-57,46-117-43-59-40-91(88-85-59)14-18-105-21-24-108-27-30-111-33-36-114-49-77-52-121-72(124-77)63(81-55(2)94)66(98)69(77)101)47-118-44-60-41-92(89-86-60)15-19-106-22-25-109-28-31-112-34-37-115-50-78-53-122-73(125-78)64(82-56(3)95)67(99)70(78)102/h4,6-7,10-11,39-41,61-73,83,96-102H,5,8-9,12-38,42-53H2,1-3H3,(H,79,103)(H,80,93)(H,81,94)(H,82,95)/t61?,62-,63-,64-,65-,66-,67-,68-,69-,70-,71+,72+,73+,76+,77+,78+/m1/s1. The maximum atomic E-state index is 12.5. The van der Waals surface area contributed by atoms with Crippen molar-refractivity contribution in [2.45, 2.75) is 195 Å². The van der Waals surface area contributed by atoms with Gasteiger partial charge < -0.3 is 161 Å². The van der Waals surface area contributed by atoms with Gasteiger partial charge in [-0.25, -0.2) is 18.8 Å². The summed E-state index contributed by atoms with van der Waals surface area (Å²) in [5.41, 5.74) is -2.59. The molecule has 0 aliphatic carbocycles. The van der Waals surface area contributed by atoms with Gasteiger partial charge in [0.25, 0.3) is 0 Å². The summed E-state index contributed by atoms with van der Waals surface area (Å²) in [5, 5.41) is 116. The summed E-state index contributed by atoms with van der Waals surface area (Å²) < 4.78 is 132. The molecule has 6 fully saturated rings. The Morgan fingerprint density at radius 1 is 0.432 bits per heavy atom. The number of fused-ring (bicyclic) bond motifs is 6. The van der Waals surface area contributed by atoms with Crippen LogP contribution in [0.4, 0.5) is 4.79 Å². The fraction of sp³-hybridized carbons (Fsp3) is 0.795. The zero-order valence-electron chi connectivity index (χ0n) is 71.1. The summed E-state index contributed by atoms with van der Waals surface area (Å²) in [6, 6.07) is 6.76. The van der Waals surface area contributed by atoms with Crippen molar-refractivity contribution in [2.75, 3.05) is 205 Å². The van der Waals surface area contributed by atoms with Crippen LogP contribution in [0.5, 0.6) is 0 Å². The number of carbonyl (C=O) groups is 4. The molecule has 0 radical (unpaired) electrons. The highest BCUT2D eigenvalue weighted by Gasteiger charge is 2.62. The number of amides is 4. The number of alkyl carbamates (subject to hydrolysis) is 1. The minimum Gasteiger partial charge on any atom is -0.450 e. The number of nitrogens with one attached hydrogen (secondary N) is 5. The van der Waals surface area contributed by atoms with E-state index in [1.54, 1.807) is 32.6 Å². The van der Waals surface area contributed by atoms with E-state index >= 15 is 0 Å². The van der Waals surface area contributed by atoms with Gasteiger partial charge in [-0.3, -0.25) is 19.7 Å². The Morgan fingerprint density at radius 3 is 1.08 bits per heavy atom. The van der Waals surface area contributed by atoms with Crippen molar-refractivity contribution in [3.8, 4) is 0 Å². The van der Waals surface area contributed by atoms with Crippen molar-refractivity contribution in [2.24, 2.45) is 0 Å². The SMILES string of the molecule is CC(=O)N[C@H]1[C@H]2OC[C@](COCCOCCOCCOCCn3cc(COCC(COCc4cn(CCOCCOCCOCCOC[C@@]56CO[C@@H](O5)[C@H](NC(C)=O)[C@@H](O)[C@H]6O)nn4)(COCc4cn(CCOCCOCCOCCOC[C@@]56CO[C@@H](O5)[C@H](NC(C)=O)[C@@H](O)[C@H]6O)nn4)NC(O)CCCCCOC(=O)NCc4ccccc4)nn3)(O2)[C@H](O)[C@@H]1O. The number of hydrogen-bond donors (Lipinski definition) is 12. The van der Waals surface area contributed by atoms with Gasteiger partial charge >= 0.3 is 6.09 Å². The number of aliphatic hydroxyl groups excluding tert-OH is 7. The summed E-state index contributed by atoms with van der Waals surface area (Å²) in [7, 11) is 0. The van der Waals surface area contributed by atoms with E-state index < -0.39 is 126 Å². The van der Waals surface area contributed by atoms with E-state index in [0.717, 1.165) is 5.56 Å². The van der Waals surface area contributed by atoms with Crippen LogP contribution in [0.2, 0.25) is 0 Å². The van der Waals surface area contributed by atoms with Crippen LogP contribution in [0.3, 0.4) is 0 Å². The number of unbranched alkanes of at least 4 members (excludes halogenated alkanes) is 2. The highest BCUT2D eigenvalue weighted by molar-refractivity contribution is 5.74. The average molecular weight is 1790 g/mol. The summed E-state index contributed by atoms with van der Waals surface area (Å²) in [4.78, 5) is 47.3. The predicted octanol–water partition coefficient (Wildman–Crippen LogP) is -5.20. The number of carbonyl (C=O) groups excluding carboxylic acids is 4. The molecule has 12 N–H and O–H groups in total. The van der Waals surface area contributed by atoms with Crippen LogP contribution in [0.1, 0.15) is 69.1 Å². The van der Waals surface area contributed by atoms with Gasteiger partial charge in [-0.1, -0.05) is 46.0 Å². The maximum absolute atomic E-state index is 12.5. The Hall–Kier alpha value is -6.84. The molecular weight excluding hydrogens is 1660 g/mol. The Morgan fingerprint density at radius 2 is 0.752 bits per heavy atom. The normalized spacial score (nSPS) is 25.9. The lowest BCUT2D eigenvalue weighted by Gasteiger charge is -2.42. The Labute approximate surface area is 722 Å². The molecule has 0 saturated carbocycles. The fourth-order valence-corrected chi connectivity index (χ4v) is 14.3. The molecule has 6 saturated heterocycles. The van der Waals surface area contributed by atoms with Crippen LogP contribution in [-0.4, -0.2) is 412 Å². The van der Waals surface area contributed by atoms with E-state index in [-0.39, 0.29) is 145 Å². The van der Waals surface area contributed by atoms with Gasteiger partial charge in [-0.15, -0.1) is 15.3 Å². The smallest absolute Gasteiger partial charge is 0.407 e. The zero-order chi connectivity index (χ0) is 88.5. The first-order valence-electron chi connectivity index (χ1n) is 42.2. The first kappa shape index (κ1) is 100. The van der Waals surface area contributed by atoms with Crippen LogP contribution >= 0.6 is 0 Å². The van der Waals surface area contributed by atoms with E-state index in [2.05, 4.69) is 57.5 Å². The third-order valence-corrected chi connectivity index (χ3v) is 20.7. The van der Waals surface area contributed by atoms with Gasteiger partial charge in [0.1, 0.15) is 94.9 Å². The summed E-state index contributed by atoms with van der Waals surface area (Å²) in [6.45, 7) is 10.8. The molecule has 47 heteroatoms. The second kappa shape index (κ2) is 53.3. The van der Waals surface area contributed by atoms with Gasteiger partial charge in [-0.05, 0) is 31.2 Å². The molecular formula is C78H126N14O33. The van der Waals surface area contributed by atoms with Gasteiger partial charge in [0, 0.05) is 27.3 Å². The number of benzene rings is 1. The fourth-order valence-electron chi connectivity index (χ4n) is 14.3. The molecule has 1 aromatic carbocycles. The molecule has 6 bridgehead atoms. The minimum absolute atomic E-state index is 0.00434. The molecule has 125 heavy (non-hydrogen) atoms. The molecule has 6 aliphatic rings. The Bertz CT molecular complexity index is 3410. The third kappa shape index (κ3) is 32.6. The van der Waals surface area contributed by atoms with E-state index in [4.69, 9.17) is 104 Å². The first-order chi connectivity index (χ1) is 60.7. The van der Waals surface area contributed by atoms with Crippen LogP contribution in [0, 0.1) is 0 Å². The van der Waals surface area contributed by atoms with E-state index in [1.807, 2.05) is 30.3 Å². The first-order valence-corrected chi connectivity index (χ1v) is 42.2. The highest BCUT2D eigenvalue weighted by atomic mass is 16.8. The van der Waals surface area contributed by atoms with Crippen molar-refractivity contribution >= 4 is 23.8 Å². The summed E-state index contributed by atoms with van der Waals surface area (Å²) in [6.07, 6.45) is -5.08. The van der Waals surface area contributed by atoms with Gasteiger partial charge in [0.05, 0.1) is 268 Å². The number of aromatic nitrogens is 9. The van der Waals surface area contributed by atoms with Crippen LogP contribution in [0.25, 0.3) is 0 Å². The van der Waals surface area contributed by atoms with Gasteiger partial charge in [-0.2, -0.15) is 0 Å². The molecule has 0 spiro atoms. The van der Waals surface area contributed by atoms with E-state index in [1.165, 1.54) is 20.8 Å². The largest absolute Gasteiger partial charge is 0.450 e. The third-order valence-electron chi connectivity index (χ3n) is 20.7. The lowest BCUT2D eigenvalue weighted by Crippen LogP contribution is -2.66. The van der Waals surface area contributed by atoms with Crippen molar-refractivity contribution in [1.82, 2.24) is 71.6 Å². The zero-order valence-corrected chi connectivity index (χ0v) is 71.1. The second-order valence-corrected chi connectivity index (χ2v) is 30.9. The summed E-state index contributed by atoms with van der Waals surface area (Å²) in [5.74, 6) is -1.18. The number of hydrogen-bond acceptors (Lipinski definition) is 40. The van der Waals surface area contributed by atoms with E-state index in [0.29, 0.717) is 148 Å². The molecule has 706 valence electrons. The van der Waals surface area contributed by atoms with E-state index in [9.17, 15) is 54.9 Å². The number of aliphatic hydroxyl groups is 7. The number of ether oxygens (including phenoxy) is 22. The Balaban J connectivity index is 0.647. The number of nitrogens with zero attached hydrogens (tertiary/aromatic N) is 9. The molecule has 47 nitrogen and oxygen atoms in total. The molecule has 6 aliphatic heterocycles. The predicted molar refractivity (Wildman–Crippen MR) is 423 cm³/mol. The maximum Gasteiger partial charge on any atom is 0.407 e. The lowest BCUT2D eigenvalue weighted by molar-refractivity contribution is -0.238. The molecule has 1 unspecified atom stereocenters. The monoisotopic (exact) mass is 1790 g/mol. The van der Waals surface area contributed by atoms with Crippen LogP contribution in [0.15, 0.2) is 48.9 Å². The molecule has 4 amide bonds. The second-order valence-electron chi connectivity index (χ2n) is 30.9. The highest BCUT2D eigenvalue weighted by Crippen LogP contribution is 2.40. The van der Waals surface area contributed by atoms with Crippen LogP contribution < -0.4 is 26.6 Å². The van der Waals surface area contributed by atoms with Crippen LogP contribution in [-0.2, 0) is 165 Å². The lowest BCUT2D eigenvalue weighted by atomic mass is 9.88. The molecule has 9 heterocycles. The molecule has 16 atom stereocenters. The summed E-state index contributed by atoms with van der Waals surface area (Å²) >= 11 is 0. The molecule has 3 aromatic heterocycles. The van der Waals surface area contributed by atoms with Crippen molar-refractivity contribution in [1.29, 1.82) is 0 Å². The average Bonchev–Trinajstić information content (AvgIpc) is 1.62. The van der Waals surface area contributed by atoms with Gasteiger partial charge in [0.15, 0.2) is 18.9 Å². The number of rotatable bonds is 67.